The van der Waals surface area contributed by atoms with Gasteiger partial charge in [-0.05, 0) is 61.4 Å². The largest absolute Gasteiger partial charge is 0.496 e. The summed E-state index contributed by atoms with van der Waals surface area (Å²) in [7, 11) is 4.86. The molecule has 2 heterocycles. The van der Waals surface area contributed by atoms with Crippen molar-refractivity contribution in [2.75, 3.05) is 41.0 Å². The van der Waals surface area contributed by atoms with Crippen LogP contribution in [0, 0.1) is 5.92 Å². The van der Waals surface area contributed by atoms with Crippen LogP contribution in [-0.4, -0.2) is 70.6 Å². The monoisotopic (exact) mass is 623 g/mol. The number of hydrazine groups is 1. The highest BCUT2D eigenvalue weighted by molar-refractivity contribution is 9.10. The Hall–Kier alpha value is -1.88. The van der Waals surface area contributed by atoms with Gasteiger partial charge in [0.1, 0.15) is 17.3 Å². The van der Waals surface area contributed by atoms with Gasteiger partial charge >= 0.3 is 6.41 Å². The van der Waals surface area contributed by atoms with E-state index < -0.39 is 0 Å². The Labute approximate surface area is 245 Å². The highest BCUT2D eigenvalue weighted by Crippen LogP contribution is 2.44. The molecule has 2 fully saturated rings. The van der Waals surface area contributed by atoms with Crippen LogP contribution < -0.4 is 29.4 Å². The molecule has 0 aromatic heterocycles. The summed E-state index contributed by atoms with van der Waals surface area (Å²) in [5.41, 5.74) is 5.48. The zero-order valence-electron chi connectivity index (χ0n) is 23.5. The maximum atomic E-state index is 13.2. The van der Waals surface area contributed by atoms with Crippen LogP contribution in [0.2, 0.25) is 5.02 Å². The Kier molecular flexibility index (Phi) is 10.2. The normalized spacial score (nSPS) is 22.8. The number of nitrogens with one attached hydrogen (secondary N) is 2. The van der Waals surface area contributed by atoms with E-state index in [1.54, 1.807) is 21.3 Å². The van der Waals surface area contributed by atoms with Crippen LogP contribution in [0.4, 0.5) is 5.69 Å². The summed E-state index contributed by atoms with van der Waals surface area (Å²) < 4.78 is 17.9. The molecule has 2 aliphatic heterocycles. The molecule has 4 unspecified atom stereocenters. The Balaban J connectivity index is 1.76. The maximum absolute atomic E-state index is 13.2. The number of rotatable bonds is 12. The molecular formula is C29H41BrClN4O4+. The van der Waals surface area contributed by atoms with E-state index in [4.69, 9.17) is 25.8 Å². The van der Waals surface area contributed by atoms with Gasteiger partial charge in [0.25, 0.3) is 0 Å². The van der Waals surface area contributed by atoms with E-state index in [0.717, 1.165) is 60.1 Å². The number of hydrogen-bond donors (Lipinski definition) is 2. The molecule has 39 heavy (non-hydrogen) atoms. The number of carbonyl (C=O) groups is 1. The second kappa shape index (κ2) is 13.2. The molecule has 0 saturated carbocycles. The summed E-state index contributed by atoms with van der Waals surface area (Å²) in [6.07, 6.45) is 5.00. The fourth-order valence-corrected chi connectivity index (χ4v) is 6.70. The Morgan fingerprint density at radius 3 is 2.56 bits per heavy atom. The molecule has 1 amide bonds. The average Bonchev–Trinajstić information content (AvgIpc) is 3.27. The topological polar surface area (TPSA) is 72.1 Å². The molecule has 0 aliphatic carbocycles. The summed E-state index contributed by atoms with van der Waals surface area (Å²) in [6, 6.07) is 9.95. The molecular weight excluding hydrogens is 584 g/mol. The third-order valence-corrected chi connectivity index (χ3v) is 8.82. The smallest absolute Gasteiger partial charge is 0.306 e. The molecule has 4 atom stereocenters. The Bertz CT molecular complexity index is 1150. The molecule has 8 nitrogen and oxygen atoms in total. The molecule has 0 bridgehead atoms. The standard InChI is InChI=1S/C29H41BrClN4O4/c1-19(2)12-14-35(18-36,24-9-11-26(38-4)29(39-5)28(24)31)17-22-23(34-27(33-22)7-6-13-32-34)16-20-15-21(30)8-10-25(20)37-3/h8-11,15,18-19,22-23,27,32-33H,6-7,12-14,16-17H2,1-5H3/q+1. The van der Waals surface area contributed by atoms with Crippen LogP contribution in [0.1, 0.15) is 38.7 Å². The van der Waals surface area contributed by atoms with E-state index in [-0.39, 0.29) is 22.7 Å². The third-order valence-electron chi connectivity index (χ3n) is 7.96. The van der Waals surface area contributed by atoms with Gasteiger partial charge in [-0.1, -0.05) is 41.4 Å². The van der Waals surface area contributed by atoms with Crippen LogP contribution >= 0.6 is 27.5 Å². The van der Waals surface area contributed by atoms with E-state index in [2.05, 4.69) is 51.6 Å². The predicted molar refractivity (Wildman–Crippen MR) is 160 cm³/mol. The van der Waals surface area contributed by atoms with E-state index in [9.17, 15) is 4.79 Å². The molecule has 2 saturated heterocycles. The average molecular weight is 625 g/mol. The van der Waals surface area contributed by atoms with Gasteiger partial charge in [-0.25, -0.2) is 14.3 Å². The quantitative estimate of drug-likeness (QED) is 0.250. The summed E-state index contributed by atoms with van der Waals surface area (Å²) >= 11 is 10.6. The number of ether oxygens (including phenoxy) is 3. The van der Waals surface area contributed by atoms with Crippen LogP contribution in [0.25, 0.3) is 0 Å². The summed E-state index contributed by atoms with van der Waals surface area (Å²) in [4.78, 5) is 13.2. The highest BCUT2D eigenvalue weighted by Gasteiger charge is 2.48. The molecule has 0 spiro atoms. The number of methoxy groups -OCH3 is 3. The van der Waals surface area contributed by atoms with Crippen molar-refractivity contribution >= 4 is 39.6 Å². The first-order valence-corrected chi connectivity index (χ1v) is 14.8. The van der Waals surface area contributed by atoms with Crippen molar-refractivity contribution < 1.29 is 19.0 Å². The van der Waals surface area contributed by atoms with Gasteiger partial charge in [0.05, 0.1) is 46.1 Å². The van der Waals surface area contributed by atoms with Crippen molar-refractivity contribution in [2.45, 2.75) is 57.8 Å². The lowest BCUT2D eigenvalue weighted by molar-refractivity contribution is -0.118. The van der Waals surface area contributed by atoms with Gasteiger partial charge < -0.3 is 14.2 Å². The van der Waals surface area contributed by atoms with Gasteiger partial charge in [-0.15, -0.1) is 0 Å². The molecule has 0 radical (unpaired) electrons. The number of nitrogens with zero attached hydrogens (tertiary/aromatic N) is 2. The number of halogens is 2. The number of carbonyl (C=O) groups excluding carboxylic acids is 1. The van der Waals surface area contributed by atoms with Crippen molar-refractivity contribution in [3.8, 4) is 17.2 Å². The van der Waals surface area contributed by atoms with Gasteiger partial charge in [-0.3, -0.25) is 10.7 Å². The minimum Gasteiger partial charge on any atom is -0.496 e. The number of fused-ring (bicyclic) bond motifs is 1. The van der Waals surface area contributed by atoms with Crippen LogP contribution in [0.5, 0.6) is 17.2 Å². The Morgan fingerprint density at radius 1 is 1.15 bits per heavy atom. The molecule has 2 aromatic rings. The van der Waals surface area contributed by atoms with E-state index >= 15 is 0 Å². The summed E-state index contributed by atoms with van der Waals surface area (Å²) in [5.74, 6) is 2.27. The summed E-state index contributed by atoms with van der Waals surface area (Å²) in [6.45, 7) is 6.45. The minimum atomic E-state index is 0.00538. The van der Waals surface area contributed by atoms with Crippen LogP contribution in [-0.2, 0) is 11.2 Å². The summed E-state index contributed by atoms with van der Waals surface area (Å²) in [5, 5.41) is 6.63. The number of amides is 1. The van der Waals surface area contributed by atoms with Crippen molar-refractivity contribution in [3.63, 3.8) is 0 Å². The number of quaternary nitrogens is 1. The first-order chi connectivity index (χ1) is 18.8. The van der Waals surface area contributed by atoms with Gasteiger partial charge in [-0.2, -0.15) is 0 Å². The van der Waals surface area contributed by atoms with Gasteiger partial charge in [0, 0.05) is 17.1 Å². The molecule has 214 valence electrons. The Morgan fingerprint density at radius 2 is 1.90 bits per heavy atom. The fraction of sp³-hybridized carbons (Fsp3) is 0.552. The predicted octanol–water partition coefficient (Wildman–Crippen LogP) is 5.15. The zero-order valence-corrected chi connectivity index (χ0v) is 25.8. The lowest BCUT2D eigenvalue weighted by Gasteiger charge is -2.37. The molecule has 2 aliphatic rings. The highest BCUT2D eigenvalue weighted by atomic mass is 79.9. The lowest BCUT2D eigenvalue weighted by atomic mass is 9.97. The second-order valence-electron chi connectivity index (χ2n) is 10.8. The van der Waals surface area contributed by atoms with Crippen LogP contribution in [0.3, 0.4) is 0 Å². The van der Waals surface area contributed by atoms with E-state index in [0.29, 0.717) is 35.5 Å². The second-order valence-corrected chi connectivity index (χ2v) is 12.1. The number of hydrogen-bond acceptors (Lipinski definition) is 7. The van der Waals surface area contributed by atoms with Crippen molar-refractivity contribution in [2.24, 2.45) is 5.92 Å². The minimum absolute atomic E-state index is 0.00538. The van der Waals surface area contributed by atoms with Gasteiger partial charge in [0.15, 0.2) is 17.2 Å². The molecule has 10 heteroatoms. The van der Waals surface area contributed by atoms with E-state index in [1.165, 1.54) is 0 Å². The number of benzene rings is 2. The SMILES string of the molecule is COc1ccc(Br)cc1CC1C(C[N+](C=O)(CCC(C)C)c2ccc(OC)c(OC)c2Cl)NC2CCCNN21. The first-order valence-electron chi connectivity index (χ1n) is 13.6. The van der Waals surface area contributed by atoms with Crippen molar-refractivity contribution in [1.82, 2.24) is 20.2 Å². The maximum Gasteiger partial charge on any atom is 0.306 e. The van der Waals surface area contributed by atoms with Crippen LogP contribution in [0.15, 0.2) is 34.8 Å². The van der Waals surface area contributed by atoms with E-state index in [1.807, 2.05) is 24.3 Å². The molecule has 2 aromatic carbocycles. The van der Waals surface area contributed by atoms with Crippen molar-refractivity contribution in [1.29, 1.82) is 0 Å². The first kappa shape index (κ1) is 30.1. The zero-order chi connectivity index (χ0) is 28.2. The third kappa shape index (κ3) is 6.39. The van der Waals surface area contributed by atoms with Gasteiger partial charge in [0.2, 0.25) is 0 Å². The lowest BCUT2D eigenvalue weighted by Crippen LogP contribution is -2.58. The molecule has 4 rings (SSSR count). The molecule has 2 N–H and O–H groups in total. The fourth-order valence-electron chi connectivity index (χ4n) is 5.89. The van der Waals surface area contributed by atoms with Crippen molar-refractivity contribution in [3.05, 3.63) is 45.4 Å².